The SMILES string of the molecule is O=C(Nc1nc(Cl)c2[nH]cnc2n1)C1CCSC1. The molecule has 1 amide bonds. The largest absolute Gasteiger partial charge is 0.341 e. The van der Waals surface area contributed by atoms with E-state index >= 15 is 0 Å². The zero-order valence-corrected chi connectivity index (χ0v) is 10.9. The van der Waals surface area contributed by atoms with E-state index in [-0.39, 0.29) is 22.9 Å². The molecular formula is C10H10ClN5OS. The highest BCUT2D eigenvalue weighted by atomic mass is 35.5. The Balaban J connectivity index is 1.83. The fourth-order valence-electron chi connectivity index (χ4n) is 1.81. The standard InChI is InChI=1S/C10H10ClN5OS/c11-7-6-8(13-4-12-6)15-10(14-7)16-9(17)5-1-2-18-3-5/h4-5H,1-3H2,(H2,12,13,14,15,16,17). The van der Waals surface area contributed by atoms with E-state index in [2.05, 4.69) is 25.3 Å². The van der Waals surface area contributed by atoms with Crippen LogP contribution in [0.4, 0.5) is 5.95 Å². The molecule has 0 saturated carbocycles. The van der Waals surface area contributed by atoms with Crippen LogP contribution in [-0.2, 0) is 4.79 Å². The molecule has 1 atom stereocenters. The van der Waals surface area contributed by atoms with Crippen molar-refractivity contribution in [2.75, 3.05) is 16.8 Å². The summed E-state index contributed by atoms with van der Waals surface area (Å²) in [6, 6.07) is 0. The van der Waals surface area contributed by atoms with Gasteiger partial charge >= 0.3 is 0 Å². The highest BCUT2D eigenvalue weighted by molar-refractivity contribution is 7.99. The summed E-state index contributed by atoms with van der Waals surface area (Å²) in [5, 5.41) is 2.95. The quantitative estimate of drug-likeness (QED) is 0.820. The molecule has 1 unspecified atom stereocenters. The molecular weight excluding hydrogens is 274 g/mol. The molecule has 3 heterocycles. The van der Waals surface area contributed by atoms with Crippen LogP contribution in [0.1, 0.15) is 6.42 Å². The van der Waals surface area contributed by atoms with Gasteiger partial charge in [0.1, 0.15) is 5.52 Å². The highest BCUT2D eigenvalue weighted by Gasteiger charge is 2.24. The summed E-state index contributed by atoms with van der Waals surface area (Å²) in [6.45, 7) is 0. The highest BCUT2D eigenvalue weighted by Crippen LogP contribution is 2.25. The summed E-state index contributed by atoms with van der Waals surface area (Å²) in [6.07, 6.45) is 2.39. The van der Waals surface area contributed by atoms with Crippen LogP contribution < -0.4 is 5.32 Å². The van der Waals surface area contributed by atoms with Crippen molar-refractivity contribution >= 4 is 46.4 Å². The molecule has 2 N–H and O–H groups in total. The Hall–Kier alpha value is -1.34. The summed E-state index contributed by atoms with van der Waals surface area (Å²) in [4.78, 5) is 26.9. The summed E-state index contributed by atoms with van der Waals surface area (Å²) in [7, 11) is 0. The third kappa shape index (κ3) is 2.15. The second-order valence-electron chi connectivity index (χ2n) is 3.99. The average molecular weight is 284 g/mol. The number of carbonyl (C=O) groups excluding carboxylic acids is 1. The molecule has 1 aliphatic rings. The smallest absolute Gasteiger partial charge is 0.233 e. The maximum absolute atomic E-state index is 11.9. The first-order valence-corrected chi connectivity index (χ1v) is 7.02. The first-order valence-electron chi connectivity index (χ1n) is 5.49. The van der Waals surface area contributed by atoms with E-state index in [9.17, 15) is 4.79 Å². The number of hydrogen-bond donors (Lipinski definition) is 2. The van der Waals surface area contributed by atoms with Crippen molar-refractivity contribution in [2.24, 2.45) is 5.92 Å². The first-order chi connectivity index (χ1) is 8.74. The number of carbonyl (C=O) groups is 1. The minimum absolute atomic E-state index is 0.0345. The monoisotopic (exact) mass is 283 g/mol. The second kappa shape index (κ2) is 4.74. The second-order valence-corrected chi connectivity index (χ2v) is 5.50. The molecule has 2 aromatic heterocycles. The van der Waals surface area contributed by atoms with Crippen LogP contribution in [0.3, 0.4) is 0 Å². The number of thioether (sulfide) groups is 1. The number of anilines is 1. The van der Waals surface area contributed by atoms with Crippen molar-refractivity contribution in [1.82, 2.24) is 19.9 Å². The van der Waals surface area contributed by atoms with Gasteiger partial charge in [0.15, 0.2) is 10.8 Å². The topological polar surface area (TPSA) is 83.6 Å². The lowest BCUT2D eigenvalue weighted by molar-refractivity contribution is -0.119. The predicted molar refractivity (Wildman–Crippen MR) is 70.8 cm³/mol. The van der Waals surface area contributed by atoms with Gasteiger partial charge in [-0.15, -0.1) is 0 Å². The van der Waals surface area contributed by atoms with Crippen LogP contribution in [-0.4, -0.2) is 37.3 Å². The number of nitrogens with one attached hydrogen (secondary N) is 2. The zero-order valence-electron chi connectivity index (χ0n) is 9.31. The number of rotatable bonds is 2. The summed E-state index contributed by atoms with van der Waals surface area (Å²) >= 11 is 7.75. The Morgan fingerprint density at radius 3 is 3.22 bits per heavy atom. The Morgan fingerprint density at radius 2 is 2.44 bits per heavy atom. The van der Waals surface area contributed by atoms with Gasteiger partial charge in [0, 0.05) is 11.7 Å². The molecule has 8 heteroatoms. The Morgan fingerprint density at radius 1 is 1.56 bits per heavy atom. The molecule has 2 aromatic rings. The molecule has 1 saturated heterocycles. The van der Waals surface area contributed by atoms with Gasteiger partial charge in [0.25, 0.3) is 0 Å². The molecule has 0 bridgehead atoms. The molecule has 18 heavy (non-hydrogen) atoms. The van der Waals surface area contributed by atoms with Crippen LogP contribution in [0.2, 0.25) is 5.15 Å². The van der Waals surface area contributed by atoms with Crippen LogP contribution in [0.15, 0.2) is 6.33 Å². The summed E-state index contributed by atoms with van der Waals surface area (Å²) in [5.41, 5.74) is 1.03. The van der Waals surface area contributed by atoms with Crippen molar-refractivity contribution in [1.29, 1.82) is 0 Å². The van der Waals surface area contributed by atoms with Gasteiger partial charge in [0.2, 0.25) is 11.9 Å². The lowest BCUT2D eigenvalue weighted by atomic mass is 10.1. The Bertz CT molecular complexity index is 595. The van der Waals surface area contributed by atoms with Gasteiger partial charge in [0.05, 0.1) is 6.33 Å². The molecule has 0 spiro atoms. The minimum Gasteiger partial charge on any atom is -0.341 e. The summed E-state index contributed by atoms with van der Waals surface area (Å²) in [5.74, 6) is 2.07. The Labute approximate surface area is 112 Å². The number of aromatic amines is 1. The number of H-pyrrole nitrogens is 1. The zero-order chi connectivity index (χ0) is 12.5. The molecule has 6 nitrogen and oxygen atoms in total. The van der Waals surface area contributed by atoms with E-state index in [1.165, 1.54) is 6.33 Å². The van der Waals surface area contributed by atoms with Crippen LogP contribution in [0.5, 0.6) is 0 Å². The fraction of sp³-hybridized carbons (Fsp3) is 0.400. The average Bonchev–Trinajstić information content (AvgIpc) is 2.99. The third-order valence-electron chi connectivity index (χ3n) is 2.78. The Kier molecular flexibility index (Phi) is 3.09. The van der Waals surface area contributed by atoms with Crippen molar-refractivity contribution < 1.29 is 4.79 Å². The van der Waals surface area contributed by atoms with E-state index in [1.807, 2.05) is 0 Å². The first kappa shape index (κ1) is 11.7. The molecule has 0 aliphatic carbocycles. The molecule has 3 rings (SSSR count). The lowest BCUT2D eigenvalue weighted by Gasteiger charge is -2.08. The molecule has 0 aromatic carbocycles. The number of imidazole rings is 1. The number of aromatic nitrogens is 4. The normalized spacial score (nSPS) is 19.3. The van der Waals surface area contributed by atoms with Crippen molar-refractivity contribution in [3.63, 3.8) is 0 Å². The summed E-state index contributed by atoms with van der Waals surface area (Å²) < 4.78 is 0. The van der Waals surface area contributed by atoms with E-state index in [0.29, 0.717) is 11.2 Å². The van der Waals surface area contributed by atoms with Gasteiger partial charge < -0.3 is 4.98 Å². The van der Waals surface area contributed by atoms with Crippen molar-refractivity contribution in [3.05, 3.63) is 11.5 Å². The molecule has 1 fully saturated rings. The third-order valence-corrected chi connectivity index (χ3v) is 4.21. The van der Waals surface area contributed by atoms with Crippen molar-refractivity contribution in [2.45, 2.75) is 6.42 Å². The van der Waals surface area contributed by atoms with Gasteiger partial charge in [-0.25, -0.2) is 4.98 Å². The number of hydrogen-bond acceptors (Lipinski definition) is 5. The van der Waals surface area contributed by atoms with E-state index in [1.54, 1.807) is 11.8 Å². The van der Waals surface area contributed by atoms with Crippen LogP contribution in [0.25, 0.3) is 11.2 Å². The van der Waals surface area contributed by atoms with Crippen molar-refractivity contribution in [3.8, 4) is 0 Å². The van der Waals surface area contributed by atoms with Gasteiger partial charge in [-0.05, 0) is 12.2 Å². The molecule has 1 aliphatic heterocycles. The van der Waals surface area contributed by atoms with Gasteiger partial charge in [-0.3, -0.25) is 10.1 Å². The molecule has 94 valence electrons. The van der Waals surface area contributed by atoms with Gasteiger partial charge in [-0.2, -0.15) is 21.7 Å². The number of fused-ring (bicyclic) bond motifs is 1. The van der Waals surface area contributed by atoms with Gasteiger partial charge in [-0.1, -0.05) is 11.6 Å². The van der Waals surface area contributed by atoms with Crippen LogP contribution >= 0.6 is 23.4 Å². The van der Waals surface area contributed by atoms with E-state index in [4.69, 9.17) is 11.6 Å². The number of halogens is 1. The van der Waals surface area contributed by atoms with E-state index < -0.39 is 0 Å². The van der Waals surface area contributed by atoms with Crippen LogP contribution in [0, 0.1) is 5.92 Å². The minimum atomic E-state index is -0.0500. The predicted octanol–water partition coefficient (Wildman–Crippen LogP) is 1.70. The maximum Gasteiger partial charge on any atom is 0.233 e. The number of nitrogens with zero attached hydrogens (tertiary/aromatic N) is 3. The molecule has 0 radical (unpaired) electrons. The van der Waals surface area contributed by atoms with E-state index in [0.717, 1.165) is 17.9 Å². The fourth-order valence-corrected chi connectivity index (χ4v) is 3.25. The maximum atomic E-state index is 11.9. The lowest BCUT2D eigenvalue weighted by Crippen LogP contribution is -2.23. The number of amides is 1.